The van der Waals surface area contributed by atoms with Crippen LogP contribution in [-0.2, 0) is 0 Å². The van der Waals surface area contributed by atoms with Crippen LogP contribution in [0.2, 0.25) is 0 Å². The molecule has 2 N–H and O–H groups in total. The molecule has 0 spiro atoms. The average Bonchev–Trinajstić information content (AvgIpc) is 2.74. The van der Waals surface area contributed by atoms with Crippen LogP contribution in [0.15, 0.2) is 18.2 Å². The van der Waals surface area contributed by atoms with Crippen molar-refractivity contribution in [2.24, 2.45) is 5.92 Å². The molecule has 0 radical (unpaired) electrons. The van der Waals surface area contributed by atoms with E-state index in [1.165, 1.54) is 44.2 Å². The van der Waals surface area contributed by atoms with Crippen molar-refractivity contribution >= 4 is 17.0 Å². The van der Waals surface area contributed by atoms with Crippen LogP contribution in [0.4, 0.5) is 10.3 Å². The zero-order chi connectivity index (χ0) is 13.4. The second kappa shape index (κ2) is 4.83. The Balaban J connectivity index is 2.02. The van der Waals surface area contributed by atoms with Crippen molar-refractivity contribution in [1.82, 2.24) is 9.55 Å². The highest BCUT2D eigenvalue weighted by molar-refractivity contribution is 5.78. The molecule has 0 amide bonds. The summed E-state index contributed by atoms with van der Waals surface area (Å²) in [5.74, 6) is 0.889. The van der Waals surface area contributed by atoms with Crippen LogP contribution in [-0.4, -0.2) is 9.55 Å². The molecule has 1 aliphatic rings. The van der Waals surface area contributed by atoms with Gasteiger partial charge in [-0.3, -0.25) is 0 Å². The topological polar surface area (TPSA) is 43.8 Å². The Labute approximate surface area is 112 Å². The van der Waals surface area contributed by atoms with E-state index in [4.69, 9.17) is 5.73 Å². The highest BCUT2D eigenvalue weighted by Gasteiger charge is 2.24. The summed E-state index contributed by atoms with van der Waals surface area (Å²) in [6.07, 6.45) is 6.37. The van der Waals surface area contributed by atoms with Gasteiger partial charge in [0.25, 0.3) is 0 Å². The summed E-state index contributed by atoms with van der Waals surface area (Å²) in [6.45, 7) is 2.18. The van der Waals surface area contributed by atoms with E-state index in [-0.39, 0.29) is 11.9 Å². The van der Waals surface area contributed by atoms with E-state index >= 15 is 0 Å². The molecular formula is C15H20FN3. The molecule has 1 fully saturated rings. The molecule has 1 atom stereocenters. The van der Waals surface area contributed by atoms with Gasteiger partial charge in [-0.2, -0.15) is 0 Å². The largest absolute Gasteiger partial charge is 0.369 e. The molecule has 1 aromatic carbocycles. The minimum atomic E-state index is -0.232. The van der Waals surface area contributed by atoms with Crippen molar-refractivity contribution in [1.29, 1.82) is 0 Å². The molecule has 19 heavy (non-hydrogen) atoms. The van der Waals surface area contributed by atoms with Gasteiger partial charge in [0.15, 0.2) is 0 Å². The van der Waals surface area contributed by atoms with Crippen LogP contribution in [0.3, 0.4) is 0 Å². The zero-order valence-corrected chi connectivity index (χ0v) is 11.3. The number of rotatable bonds is 2. The van der Waals surface area contributed by atoms with Gasteiger partial charge in [-0.25, -0.2) is 9.37 Å². The van der Waals surface area contributed by atoms with Gasteiger partial charge in [-0.15, -0.1) is 0 Å². The van der Waals surface area contributed by atoms with Gasteiger partial charge in [-0.05, 0) is 43.9 Å². The number of aromatic nitrogens is 2. The summed E-state index contributed by atoms with van der Waals surface area (Å²) in [4.78, 5) is 4.34. The quantitative estimate of drug-likeness (QED) is 0.891. The average molecular weight is 261 g/mol. The summed E-state index contributed by atoms with van der Waals surface area (Å²) in [6, 6.07) is 4.96. The van der Waals surface area contributed by atoms with Crippen LogP contribution in [0, 0.1) is 11.7 Å². The molecule has 1 heterocycles. The lowest BCUT2D eigenvalue weighted by Gasteiger charge is -2.29. The lowest BCUT2D eigenvalue weighted by molar-refractivity contribution is 0.269. The first-order valence-corrected chi connectivity index (χ1v) is 7.10. The Morgan fingerprint density at radius 3 is 2.79 bits per heavy atom. The number of halogens is 1. The lowest BCUT2D eigenvalue weighted by Crippen LogP contribution is -2.20. The number of hydrogen-bond donors (Lipinski definition) is 1. The maximum atomic E-state index is 13.4. The number of imidazole rings is 1. The first kappa shape index (κ1) is 12.5. The number of fused-ring (bicyclic) bond motifs is 1. The van der Waals surface area contributed by atoms with Crippen LogP contribution < -0.4 is 5.73 Å². The monoisotopic (exact) mass is 261 g/mol. The van der Waals surface area contributed by atoms with Crippen molar-refractivity contribution in [3.63, 3.8) is 0 Å². The van der Waals surface area contributed by atoms with Crippen LogP contribution in [0.1, 0.15) is 45.1 Å². The molecule has 1 aromatic heterocycles. The van der Waals surface area contributed by atoms with Gasteiger partial charge in [-0.1, -0.05) is 19.3 Å². The van der Waals surface area contributed by atoms with E-state index in [1.54, 1.807) is 6.07 Å². The third-order valence-corrected chi connectivity index (χ3v) is 4.42. The fraction of sp³-hybridized carbons (Fsp3) is 0.533. The SMILES string of the molecule is CC(C1CCCCC1)n1c(N)nc2ccc(F)cc21. The fourth-order valence-electron chi connectivity index (χ4n) is 3.34. The van der Waals surface area contributed by atoms with Crippen LogP contribution >= 0.6 is 0 Å². The molecule has 0 saturated heterocycles. The third-order valence-electron chi connectivity index (χ3n) is 4.42. The zero-order valence-electron chi connectivity index (χ0n) is 11.3. The molecule has 0 bridgehead atoms. The van der Waals surface area contributed by atoms with E-state index < -0.39 is 0 Å². The highest BCUT2D eigenvalue weighted by Crippen LogP contribution is 2.35. The summed E-state index contributed by atoms with van der Waals surface area (Å²) < 4.78 is 15.5. The van der Waals surface area contributed by atoms with Gasteiger partial charge >= 0.3 is 0 Å². The molecule has 2 aromatic rings. The summed E-state index contributed by atoms with van der Waals surface area (Å²) >= 11 is 0. The van der Waals surface area contributed by atoms with Gasteiger partial charge in [0.1, 0.15) is 5.82 Å². The smallest absolute Gasteiger partial charge is 0.201 e. The van der Waals surface area contributed by atoms with Crippen LogP contribution in [0.5, 0.6) is 0 Å². The molecule has 1 unspecified atom stereocenters. The number of benzene rings is 1. The van der Waals surface area contributed by atoms with Gasteiger partial charge in [0.05, 0.1) is 11.0 Å². The summed E-state index contributed by atoms with van der Waals surface area (Å²) in [5.41, 5.74) is 7.63. The summed E-state index contributed by atoms with van der Waals surface area (Å²) in [5, 5.41) is 0. The summed E-state index contributed by atoms with van der Waals surface area (Å²) in [7, 11) is 0. The fourth-order valence-corrected chi connectivity index (χ4v) is 3.34. The van der Waals surface area contributed by atoms with Crippen molar-refractivity contribution < 1.29 is 4.39 Å². The van der Waals surface area contributed by atoms with E-state index in [2.05, 4.69) is 11.9 Å². The maximum absolute atomic E-state index is 13.4. The van der Waals surface area contributed by atoms with Crippen molar-refractivity contribution in [3.05, 3.63) is 24.0 Å². The maximum Gasteiger partial charge on any atom is 0.201 e. The van der Waals surface area contributed by atoms with E-state index in [0.29, 0.717) is 11.9 Å². The second-order valence-corrected chi connectivity index (χ2v) is 5.61. The predicted molar refractivity (Wildman–Crippen MR) is 75.4 cm³/mol. The van der Waals surface area contributed by atoms with Crippen molar-refractivity contribution in [3.8, 4) is 0 Å². The Hall–Kier alpha value is -1.58. The molecular weight excluding hydrogens is 241 g/mol. The Bertz CT molecular complexity index is 584. The molecule has 3 nitrogen and oxygen atoms in total. The molecule has 1 saturated carbocycles. The first-order chi connectivity index (χ1) is 9.16. The number of hydrogen-bond acceptors (Lipinski definition) is 2. The first-order valence-electron chi connectivity index (χ1n) is 7.10. The number of anilines is 1. The minimum absolute atomic E-state index is 0.232. The predicted octanol–water partition coefficient (Wildman–Crippen LogP) is 3.90. The minimum Gasteiger partial charge on any atom is -0.369 e. The molecule has 0 aliphatic heterocycles. The van der Waals surface area contributed by atoms with Crippen molar-refractivity contribution in [2.75, 3.05) is 5.73 Å². The Morgan fingerprint density at radius 2 is 2.05 bits per heavy atom. The third kappa shape index (κ3) is 2.20. The number of nitrogens with zero attached hydrogens (tertiary/aromatic N) is 2. The van der Waals surface area contributed by atoms with E-state index in [0.717, 1.165) is 11.0 Å². The second-order valence-electron chi connectivity index (χ2n) is 5.61. The number of nitrogens with two attached hydrogens (primary N) is 1. The van der Waals surface area contributed by atoms with E-state index in [9.17, 15) is 4.39 Å². The van der Waals surface area contributed by atoms with Crippen LogP contribution in [0.25, 0.3) is 11.0 Å². The molecule has 4 heteroatoms. The highest BCUT2D eigenvalue weighted by atomic mass is 19.1. The number of nitrogen functional groups attached to an aromatic ring is 1. The molecule has 1 aliphatic carbocycles. The molecule has 3 rings (SSSR count). The van der Waals surface area contributed by atoms with Gasteiger partial charge in [0.2, 0.25) is 5.95 Å². The Kier molecular flexibility index (Phi) is 3.17. The normalized spacial score (nSPS) is 18.8. The molecule has 102 valence electrons. The Morgan fingerprint density at radius 1 is 1.32 bits per heavy atom. The van der Waals surface area contributed by atoms with Crippen molar-refractivity contribution in [2.45, 2.75) is 45.1 Å². The lowest BCUT2D eigenvalue weighted by atomic mass is 9.84. The van der Waals surface area contributed by atoms with E-state index in [1.807, 2.05) is 4.57 Å². The van der Waals surface area contributed by atoms with Gasteiger partial charge in [0, 0.05) is 6.04 Å². The standard InChI is InChI=1S/C15H20FN3/c1-10(11-5-3-2-4-6-11)19-14-9-12(16)7-8-13(14)18-15(19)17/h7-11H,2-6H2,1H3,(H2,17,18). The van der Waals surface area contributed by atoms with Gasteiger partial charge < -0.3 is 10.3 Å².